The van der Waals surface area contributed by atoms with Crippen LogP contribution in [0.25, 0.3) is 11.0 Å². The van der Waals surface area contributed by atoms with Crippen molar-refractivity contribution in [2.45, 2.75) is 12.2 Å². The molecule has 0 bridgehead atoms. The molecule has 3 aromatic rings. The maximum atomic E-state index is 13.2. The number of carboxylic acid groups (broad SMARTS) is 1. The van der Waals surface area contributed by atoms with Crippen molar-refractivity contribution in [3.05, 3.63) is 58.5 Å². The molecule has 0 radical (unpaired) electrons. The summed E-state index contributed by atoms with van der Waals surface area (Å²) in [5, 5.41) is 14.8. The summed E-state index contributed by atoms with van der Waals surface area (Å²) >= 11 is 5.71. The molecule has 0 fully saturated rings. The van der Waals surface area contributed by atoms with E-state index in [1.165, 1.54) is 24.4 Å². The highest BCUT2D eigenvalue weighted by molar-refractivity contribution is 6.31. The van der Waals surface area contributed by atoms with Crippen molar-refractivity contribution in [3.63, 3.8) is 0 Å². The second-order valence-corrected chi connectivity index (χ2v) is 6.48. The van der Waals surface area contributed by atoms with E-state index < -0.39 is 28.8 Å². The van der Waals surface area contributed by atoms with E-state index in [1.807, 2.05) is 0 Å². The first-order chi connectivity index (χ1) is 13.7. The van der Waals surface area contributed by atoms with Gasteiger partial charge in [-0.2, -0.15) is 13.2 Å². The van der Waals surface area contributed by atoms with Crippen LogP contribution in [0.5, 0.6) is 0 Å². The number of aromatic nitrogens is 3. The minimum absolute atomic E-state index is 0.0588. The summed E-state index contributed by atoms with van der Waals surface area (Å²) in [6, 6.07) is 4.31. The smallest absolute Gasteiger partial charge is 0.417 e. The highest BCUT2D eigenvalue weighted by Gasteiger charge is 2.34. The zero-order valence-corrected chi connectivity index (χ0v) is 15.7. The van der Waals surface area contributed by atoms with E-state index in [0.29, 0.717) is 5.56 Å². The van der Waals surface area contributed by atoms with Crippen molar-refractivity contribution in [2.75, 3.05) is 18.9 Å². The van der Waals surface area contributed by atoms with Gasteiger partial charge >= 0.3 is 12.1 Å². The zero-order chi connectivity index (χ0) is 21.2. The molecule has 0 saturated carbocycles. The Morgan fingerprint density at radius 1 is 1.21 bits per heavy atom. The molecule has 3 rings (SSSR count). The first-order valence-corrected chi connectivity index (χ1v) is 8.71. The van der Waals surface area contributed by atoms with Crippen LogP contribution in [0, 0.1) is 0 Å². The Labute approximate surface area is 168 Å². The molecule has 0 saturated heterocycles. The molecule has 0 aliphatic rings. The number of alkyl halides is 3. The van der Waals surface area contributed by atoms with Crippen LogP contribution in [0.4, 0.5) is 19.0 Å². The molecule has 3 N–H and O–H groups in total. The summed E-state index contributed by atoms with van der Waals surface area (Å²) in [5.41, 5.74) is -0.376. The predicted octanol–water partition coefficient (Wildman–Crippen LogP) is 3.77. The summed E-state index contributed by atoms with van der Waals surface area (Å²) < 4.78 is 39.7. The van der Waals surface area contributed by atoms with Gasteiger partial charge in [0.15, 0.2) is 5.82 Å². The van der Waals surface area contributed by atoms with Crippen LogP contribution in [0.15, 0.2) is 36.8 Å². The summed E-state index contributed by atoms with van der Waals surface area (Å²) in [5.74, 6) is -0.983. The normalized spacial score (nSPS) is 12.7. The summed E-state index contributed by atoms with van der Waals surface area (Å²) in [4.78, 5) is 23.6. The van der Waals surface area contributed by atoms with Gasteiger partial charge in [0.05, 0.1) is 22.2 Å². The van der Waals surface area contributed by atoms with Gasteiger partial charge in [-0.15, -0.1) is 0 Å². The van der Waals surface area contributed by atoms with Gasteiger partial charge in [0.2, 0.25) is 0 Å². The molecule has 2 aromatic heterocycles. The number of benzene rings is 1. The van der Waals surface area contributed by atoms with Gasteiger partial charge in [0.25, 0.3) is 0 Å². The Balaban J connectivity index is 2.05. The number of carboxylic acids is 1. The third-order valence-electron chi connectivity index (χ3n) is 4.17. The number of rotatable bonds is 6. The van der Waals surface area contributed by atoms with Gasteiger partial charge in [0, 0.05) is 12.7 Å². The molecular weight excluding hydrogens is 411 g/mol. The number of likely N-dealkylation sites (N-methyl/N-ethyl adjacent to an activating group) is 1. The SMILES string of the molecule is CNC[C@@H](Nc1ncnc2c(C(=O)O)ccnc12)c1ccc(Cl)c(C(F)(F)F)c1. The Morgan fingerprint density at radius 3 is 2.62 bits per heavy atom. The number of aromatic carboxylic acids is 1. The fourth-order valence-electron chi connectivity index (χ4n) is 2.84. The van der Waals surface area contributed by atoms with E-state index in [0.717, 1.165) is 12.4 Å². The number of hydrogen-bond acceptors (Lipinski definition) is 6. The summed E-state index contributed by atoms with van der Waals surface area (Å²) in [6.07, 6.45) is -2.13. The van der Waals surface area contributed by atoms with Crippen LogP contribution in [-0.4, -0.2) is 39.6 Å². The standard InChI is InChI=1S/C18H15ClF3N5O2/c1-23-7-13(9-2-3-12(19)11(6-9)18(20,21)22)27-16-15-14(25-8-26-16)10(17(28)29)4-5-24-15/h2-6,8,13,23H,7H2,1H3,(H,28,29)(H,25,26,27)/t13-/m1/s1. The number of carbonyl (C=O) groups is 1. The molecule has 7 nitrogen and oxygen atoms in total. The van der Waals surface area contributed by atoms with Crippen LogP contribution in [0.3, 0.4) is 0 Å². The number of hydrogen-bond donors (Lipinski definition) is 3. The average molecular weight is 426 g/mol. The van der Waals surface area contributed by atoms with Crippen molar-refractivity contribution >= 4 is 34.4 Å². The van der Waals surface area contributed by atoms with E-state index in [4.69, 9.17) is 11.6 Å². The molecule has 2 heterocycles. The third kappa shape index (κ3) is 4.38. The quantitative estimate of drug-likeness (QED) is 0.552. The number of fused-ring (bicyclic) bond motifs is 1. The first kappa shape index (κ1) is 20.7. The Kier molecular flexibility index (Phi) is 5.85. The van der Waals surface area contributed by atoms with Crippen LogP contribution < -0.4 is 10.6 Å². The van der Waals surface area contributed by atoms with Gasteiger partial charge < -0.3 is 15.7 Å². The van der Waals surface area contributed by atoms with Gasteiger partial charge in [-0.1, -0.05) is 17.7 Å². The lowest BCUT2D eigenvalue weighted by Gasteiger charge is -2.21. The Hall–Kier alpha value is -2.98. The van der Waals surface area contributed by atoms with E-state index in [1.54, 1.807) is 7.05 Å². The lowest BCUT2D eigenvalue weighted by molar-refractivity contribution is -0.137. The van der Waals surface area contributed by atoms with Gasteiger partial charge in [0.1, 0.15) is 17.4 Å². The van der Waals surface area contributed by atoms with E-state index in [9.17, 15) is 23.1 Å². The highest BCUT2D eigenvalue weighted by Crippen LogP contribution is 2.36. The molecule has 29 heavy (non-hydrogen) atoms. The molecule has 0 aliphatic carbocycles. The van der Waals surface area contributed by atoms with Crippen LogP contribution in [0.1, 0.15) is 27.5 Å². The van der Waals surface area contributed by atoms with Crippen molar-refractivity contribution in [2.24, 2.45) is 0 Å². The molecule has 152 valence electrons. The van der Waals surface area contributed by atoms with Crippen LogP contribution in [0.2, 0.25) is 5.02 Å². The second kappa shape index (κ2) is 8.18. The lowest BCUT2D eigenvalue weighted by Crippen LogP contribution is -2.25. The summed E-state index contributed by atoms with van der Waals surface area (Å²) in [6.45, 7) is 0.253. The average Bonchev–Trinajstić information content (AvgIpc) is 2.67. The Bertz CT molecular complexity index is 1060. The molecule has 0 aliphatic heterocycles. The Morgan fingerprint density at radius 2 is 1.97 bits per heavy atom. The number of anilines is 1. The largest absolute Gasteiger partial charge is 0.478 e. The minimum Gasteiger partial charge on any atom is -0.478 e. The molecule has 1 atom stereocenters. The summed E-state index contributed by atoms with van der Waals surface area (Å²) in [7, 11) is 1.65. The number of nitrogens with one attached hydrogen (secondary N) is 2. The lowest BCUT2D eigenvalue weighted by atomic mass is 10.0. The van der Waals surface area contributed by atoms with Crippen LogP contribution >= 0.6 is 11.6 Å². The van der Waals surface area contributed by atoms with Gasteiger partial charge in [-0.25, -0.2) is 14.8 Å². The predicted molar refractivity (Wildman–Crippen MR) is 101 cm³/mol. The monoisotopic (exact) mass is 425 g/mol. The fraction of sp³-hybridized carbons (Fsp3) is 0.222. The fourth-order valence-corrected chi connectivity index (χ4v) is 3.06. The molecule has 1 aromatic carbocycles. The second-order valence-electron chi connectivity index (χ2n) is 6.07. The third-order valence-corrected chi connectivity index (χ3v) is 4.50. The van der Waals surface area contributed by atoms with Gasteiger partial charge in [-0.3, -0.25) is 4.98 Å². The van der Waals surface area contributed by atoms with Crippen molar-refractivity contribution in [1.29, 1.82) is 0 Å². The van der Waals surface area contributed by atoms with Gasteiger partial charge in [-0.05, 0) is 30.8 Å². The van der Waals surface area contributed by atoms with Crippen molar-refractivity contribution in [1.82, 2.24) is 20.3 Å². The van der Waals surface area contributed by atoms with Crippen molar-refractivity contribution < 1.29 is 23.1 Å². The van der Waals surface area contributed by atoms with Crippen molar-refractivity contribution in [3.8, 4) is 0 Å². The molecule has 0 unspecified atom stereocenters. The zero-order valence-electron chi connectivity index (χ0n) is 15.0. The molecule has 11 heteroatoms. The molecule has 0 spiro atoms. The van der Waals surface area contributed by atoms with Crippen LogP contribution in [-0.2, 0) is 6.18 Å². The number of pyridine rings is 1. The topological polar surface area (TPSA) is 100 Å². The minimum atomic E-state index is -4.60. The van der Waals surface area contributed by atoms with E-state index >= 15 is 0 Å². The number of nitrogens with zero attached hydrogens (tertiary/aromatic N) is 3. The number of halogens is 4. The van der Waals surface area contributed by atoms with E-state index in [2.05, 4.69) is 25.6 Å². The van der Waals surface area contributed by atoms with E-state index in [-0.39, 0.29) is 29.0 Å². The molecule has 0 amide bonds. The maximum Gasteiger partial charge on any atom is 0.417 e. The maximum absolute atomic E-state index is 13.2. The molecular formula is C18H15ClF3N5O2. The first-order valence-electron chi connectivity index (χ1n) is 8.33. The highest BCUT2D eigenvalue weighted by atomic mass is 35.5.